The van der Waals surface area contributed by atoms with E-state index < -0.39 is 11.7 Å². The van der Waals surface area contributed by atoms with Gasteiger partial charge in [-0.05, 0) is 36.4 Å². The zero-order chi connectivity index (χ0) is 19.4. The van der Waals surface area contributed by atoms with Gasteiger partial charge in [-0.15, -0.1) is 0 Å². The van der Waals surface area contributed by atoms with Gasteiger partial charge >= 0.3 is 0 Å². The Labute approximate surface area is 160 Å². The number of halogens is 1. The summed E-state index contributed by atoms with van der Waals surface area (Å²) in [6.45, 7) is 0. The Balaban J connectivity index is 1.84. The number of nitrogens with zero attached hydrogens (tertiary/aromatic N) is 2. The Kier molecular flexibility index (Phi) is 5.42. The third kappa shape index (κ3) is 3.93. The van der Waals surface area contributed by atoms with Crippen LogP contribution in [0.3, 0.4) is 0 Å². The molecule has 0 saturated carbocycles. The molecule has 0 atom stereocenters. The Bertz CT molecular complexity index is 983. The number of nitrogens with one attached hydrogen (secondary N) is 1. The van der Waals surface area contributed by atoms with E-state index in [0.717, 1.165) is 0 Å². The third-order valence-electron chi connectivity index (χ3n) is 3.81. The predicted octanol–water partition coefficient (Wildman–Crippen LogP) is 3.36. The molecule has 1 heterocycles. The molecule has 8 heteroatoms. The minimum atomic E-state index is -0.778. The second-order valence-electron chi connectivity index (χ2n) is 5.46. The molecule has 0 aliphatic heterocycles. The number of benzene rings is 2. The molecule has 1 N–H and O–H groups in total. The third-order valence-corrected chi connectivity index (χ3v) is 4.06. The molecule has 2 aromatic carbocycles. The van der Waals surface area contributed by atoms with E-state index in [-0.39, 0.29) is 5.56 Å². The van der Waals surface area contributed by atoms with Crippen LogP contribution >= 0.6 is 11.6 Å². The molecule has 0 bridgehead atoms. The molecule has 0 unspecified atom stereocenters. The molecule has 1 amide bonds. The average molecular weight is 386 g/mol. The summed E-state index contributed by atoms with van der Waals surface area (Å²) in [5.41, 5.74) is 0.876. The van der Waals surface area contributed by atoms with E-state index in [1.807, 2.05) is 0 Å². The summed E-state index contributed by atoms with van der Waals surface area (Å²) in [4.78, 5) is 24.6. The molecule has 0 aliphatic rings. The van der Waals surface area contributed by atoms with Gasteiger partial charge in [-0.1, -0.05) is 11.6 Å². The van der Waals surface area contributed by atoms with Crippen molar-refractivity contribution in [3.05, 3.63) is 65.3 Å². The van der Waals surface area contributed by atoms with Gasteiger partial charge in [0.25, 0.3) is 11.7 Å². The molecule has 0 fully saturated rings. The number of ether oxygens (including phenoxy) is 2. The van der Waals surface area contributed by atoms with Crippen molar-refractivity contribution in [1.29, 1.82) is 0 Å². The standard InChI is InChI=1S/C19H16ClN3O4/c1-26-15-8-7-14(11-16(15)27-2)23-17(9-10-21-23)22-19(25)18(24)12-3-5-13(20)6-4-12/h3-11H,1-2H3,(H,22,25). The van der Waals surface area contributed by atoms with Gasteiger partial charge in [-0.2, -0.15) is 5.10 Å². The summed E-state index contributed by atoms with van der Waals surface area (Å²) < 4.78 is 12.0. The van der Waals surface area contributed by atoms with E-state index in [4.69, 9.17) is 21.1 Å². The number of Topliss-reactive ketones (excluding diaryl/α,β-unsaturated/α-hetero) is 1. The molecular weight excluding hydrogens is 370 g/mol. The summed E-state index contributed by atoms with van der Waals surface area (Å²) in [5.74, 6) is -0.0299. The quantitative estimate of drug-likeness (QED) is 0.519. The number of ketones is 1. The minimum absolute atomic E-state index is 0.245. The Morgan fingerprint density at radius 3 is 2.37 bits per heavy atom. The van der Waals surface area contributed by atoms with E-state index in [0.29, 0.717) is 28.0 Å². The first-order chi connectivity index (χ1) is 13.0. The van der Waals surface area contributed by atoms with Gasteiger partial charge in [-0.25, -0.2) is 4.68 Å². The highest BCUT2D eigenvalue weighted by atomic mass is 35.5. The molecular formula is C19H16ClN3O4. The molecule has 0 aliphatic carbocycles. The van der Waals surface area contributed by atoms with Crippen molar-refractivity contribution in [3.8, 4) is 17.2 Å². The summed E-state index contributed by atoms with van der Waals surface area (Å²) >= 11 is 5.80. The molecule has 0 radical (unpaired) electrons. The van der Waals surface area contributed by atoms with Crippen molar-refractivity contribution in [1.82, 2.24) is 9.78 Å². The van der Waals surface area contributed by atoms with Crippen LogP contribution in [-0.2, 0) is 4.79 Å². The fourth-order valence-electron chi connectivity index (χ4n) is 2.47. The van der Waals surface area contributed by atoms with Crippen molar-refractivity contribution in [2.45, 2.75) is 0 Å². The SMILES string of the molecule is COc1ccc(-n2nccc2NC(=O)C(=O)c2ccc(Cl)cc2)cc1OC. The first-order valence-electron chi connectivity index (χ1n) is 7.91. The van der Waals surface area contributed by atoms with E-state index in [9.17, 15) is 9.59 Å². The highest BCUT2D eigenvalue weighted by molar-refractivity contribution is 6.46. The van der Waals surface area contributed by atoms with Crippen molar-refractivity contribution in [2.24, 2.45) is 0 Å². The van der Waals surface area contributed by atoms with Gasteiger partial charge < -0.3 is 14.8 Å². The number of aromatic nitrogens is 2. The Morgan fingerprint density at radius 2 is 1.70 bits per heavy atom. The summed E-state index contributed by atoms with van der Waals surface area (Å²) in [6.07, 6.45) is 1.51. The second-order valence-corrected chi connectivity index (χ2v) is 5.89. The minimum Gasteiger partial charge on any atom is -0.493 e. The van der Waals surface area contributed by atoms with E-state index in [1.165, 1.54) is 30.1 Å². The van der Waals surface area contributed by atoms with E-state index in [2.05, 4.69) is 10.4 Å². The number of amides is 1. The molecule has 1 aromatic heterocycles. The number of carbonyl (C=O) groups is 2. The highest BCUT2D eigenvalue weighted by Crippen LogP contribution is 2.30. The van der Waals surface area contributed by atoms with Crippen molar-refractivity contribution in [2.75, 3.05) is 19.5 Å². The highest BCUT2D eigenvalue weighted by Gasteiger charge is 2.18. The Hall–Kier alpha value is -3.32. The molecule has 7 nitrogen and oxygen atoms in total. The summed E-state index contributed by atoms with van der Waals surface area (Å²) in [6, 6.07) is 12.9. The van der Waals surface area contributed by atoms with Crippen molar-refractivity contribution < 1.29 is 19.1 Å². The van der Waals surface area contributed by atoms with Crippen LogP contribution in [-0.4, -0.2) is 35.7 Å². The van der Waals surface area contributed by atoms with Gasteiger partial charge in [0, 0.05) is 22.7 Å². The molecule has 138 valence electrons. The number of methoxy groups -OCH3 is 2. The monoisotopic (exact) mass is 385 g/mol. The fraction of sp³-hybridized carbons (Fsp3) is 0.105. The average Bonchev–Trinajstić information content (AvgIpc) is 3.15. The number of hydrogen-bond acceptors (Lipinski definition) is 5. The van der Waals surface area contributed by atoms with Crippen LogP contribution in [0.2, 0.25) is 5.02 Å². The van der Waals surface area contributed by atoms with Crippen LogP contribution in [0.1, 0.15) is 10.4 Å². The number of carbonyl (C=O) groups excluding carboxylic acids is 2. The maximum absolute atomic E-state index is 12.3. The van der Waals surface area contributed by atoms with Gasteiger partial charge in [-0.3, -0.25) is 9.59 Å². The lowest BCUT2D eigenvalue weighted by Crippen LogP contribution is -2.24. The van der Waals surface area contributed by atoms with Gasteiger partial charge in [0.2, 0.25) is 0 Å². The second kappa shape index (κ2) is 7.92. The molecule has 27 heavy (non-hydrogen) atoms. The number of rotatable bonds is 6. The van der Waals surface area contributed by atoms with Crippen LogP contribution in [0.5, 0.6) is 11.5 Å². The smallest absolute Gasteiger partial charge is 0.297 e. The molecule has 3 aromatic rings. The lowest BCUT2D eigenvalue weighted by molar-refractivity contribution is -0.112. The lowest BCUT2D eigenvalue weighted by Gasteiger charge is -2.12. The fourth-order valence-corrected chi connectivity index (χ4v) is 2.59. The first-order valence-corrected chi connectivity index (χ1v) is 8.29. The largest absolute Gasteiger partial charge is 0.493 e. The van der Waals surface area contributed by atoms with Crippen LogP contribution in [0.25, 0.3) is 5.69 Å². The van der Waals surface area contributed by atoms with E-state index in [1.54, 1.807) is 43.5 Å². The van der Waals surface area contributed by atoms with Crippen molar-refractivity contribution >= 4 is 29.1 Å². The zero-order valence-electron chi connectivity index (χ0n) is 14.6. The maximum atomic E-state index is 12.3. The summed E-state index contributed by atoms with van der Waals surface area (Å²) in [7, 11) is 3.07. The number of hydrogen-bond donors (Lipinski definition) is 1. The summed E-state index contributed by atoms with van der Waals surface area (Å²) in [5, 5.41) is 7.25. The lowest BCUT2D eigenvalue weighted by atomic mass is 10.1. The van der Waals surface area contributed by atoms with Crippen LogP contribution in [0.15, 0.2) is 54.7 Å². The van der Waals surface area contributed by atoms with Crippen LogP contribution < -0.4 is 14.8 Å². The van der Waals surface area contributed by atoms with E-state index >= 15 is 0 Å². The van der Waals surface area contributed by atoms with Crippen LogP contribution in [0, 0.1) is 0 Å². The van der Waals surface area contributed by atoms with Crippen molar-refractivity contribution in [3.63, 3.8) is 0 Å². The molecule has 0 spiro atoms. The normalized spacial score (nSPS) is 10.3. The van der Waals surface area contributed by atoms with Gasteiger partial charge in [0.15, 0.2) is 11.5 Å². The maximum Gasteiger partial charge on any atom is 0.297 e. The zero-order valence-corrected chi connectivity index (χ0v) is 15.4. The predicted molar refractivity (Wildman–Crippen MR) is 101 cm³/mol. The first kappa shape index (κ1) is 18.5. The van der Waals surface area contributed by atoms with Gasteiger partial charge in [0.1, 0.15) is 5.82 Å². The molecule has 0 saturated heterocycles. The number of anilines is 1. The topological polar surface area (TPSA) is 82.5 Å². The van der Waals surface area contributed by atoms with Crippen LogP contribution in [0.4, 0.5) is 5.82 Å². The van der Waals surface area contributed by atoms with Gasteiger partial charge in [0.05, 0.1) is 26.1 Å². The Morgan fingerprint density at radius 1 is 1.00 bits per heavy atom. The molecule has 3 rings (SSSR count).